The Labute approximate surface area is 142 Å². The highest BCUT2D eigenvalue weighted by Gasteiger charge is 2.20. The fourth-order valence-electron chi connectivity index (χ4n) is 1.87. The maximum Gasteiger partial charge on any atom is 0.239 e. The van der Waals surface area contributed by atoms with E-state index in [1.54, 1.807) is 24.3 Å². The van der Waals surface area contributed by atoms with Crippen LogP contribution in [0.1, 0.15) is 6.92 Å². The summed E-state index contributed by atoms with van der Waals surface area (Å²) in [5, 5.41) is 5.26. The molecule has 1 rings (SSSR count). The zero-order valence-corrected chi connectivity index (χ0v) is 15.2. The summed E-state index contributed by atoms with van der Waals surface area (Å²) < 4.78 is 24.7. The average Bonchev–Trinajstić information content (AvgIpc) is 2.43. The van der Waals surface area contributed by atoms with Crippen LogP contribution in [0, 0.1) is 0 Å². The van der Waals surface area contributed by atoms with E-state index in [1.165, 1.54) is 6.92 Å². The number of hydrogen-bond donors (Lipinski definition) is 2. The van der Waals surface area contributed by atoms with Gasteiger partial charge in [0, 0.05) is 31.4 Å². The Kier molecular flexibility index (Phi) is 7.33. The SMILES string of the molecule is CC(=O)Nc1ccc(NC(=O)CN(CCN(C)C)S(C)(=O)=O)cc1. The predicted molar refractivity (Wildman–Crippen MR) is 94.3 cm³/mol. The zero-order valence-electron chi connectivity index (χ0n) is 14.4. The fraction of sp³-hybridized carbons (Fsp3) is 0.467. The van der Waals surface area contributed by atoms with Gasteiger partial charge in [-0.15, -0.1) is 0 Å². The molecule has 0 aliphatic heterocycles. The van der Waals surface area contributed by atoms with E-state index in [-0.39, 0.29) is 19.0 Å². The Morgan fingerprint density at radius 1 is 1.00 bits per heavy atom. The predicted octanol–water partition coefficient (Wildman–Crippen LogP) is 0.407. The number of rotatable bonds is 8. The van der Waals surface area contributed by atoms with Gasteiger partial charge in [0.05, 0.1) is 12.8 Å². The first-order chi connectivity index (χ1) is 11.1. The summed E-state index contributed by atoms with van der Waals surface area (Å²) in [6.07, 6.45) is 1.08. The van der Waals surface area contributed by atoms with Crippen molar-refractivity contribution in [3.05, 3.63) is 24.3 Å². The third-order valence-corrected chi connectivity index (χ3v) is 4.32. The first kappa shape index (κ1) is 20.1. The number of benzene rings is 1. The summed E-state index contributed by atoms with van der Waals surface area (Å²) in [6, 6.07) is 6.57. The lowest BCUT2D eigenvalue weighted by Gasteiger charge is -2.21. The number of sulfonamides is 1. The van der Waals surface area contributed by atoms with Crippen molar-refractivity contribution in [3.8, 4) is 0 Å². The maximum absolute atomic E-state index is 12.1. The second-order valence-electron chi connectivity index (χ2n) is 5.71. The van der Waals surface area contributed by atoms with Crippen LogP contribution in [0.4, 0.5) is 11.4 Å². The number of likely N-dealkylation sites (N-methyl/N-ethyl adjacent to an activating group) is 1. The van der Waals surface area contributed by atoms with Gasteiger partial charge in [-0.25, -0.2) is 8.42 Å². The molecule has 134 valence electrons. The molecule has 9 heteroatoms. The largest absolute Gasteiger partial charge is 0.326 e. The third kappa shape index (κ3) is 7.53. The summed E-state index contributed by atoms with van der Waals surface area (Å²) in [5.74, 6) is -0.608. The molecule has 0 fully saturated rings. The van der Waals surface area contributed by atoms with Crippen molar-refractivity contribution in [1.29, 1.82) is 0 Å². The Morgan fingerprint density at radius 3 is 1.92 bits per heavy atom. The number of nitrogens with one attached hydrogen (secondary N) is 2. The smallest absolute Gasteiger partial charge is 0.239 e. The number of amides is 2. The topological polar surface area (TPSA) is 98.8 Å². The van der Waals surface area contributed by atoms with Crippen molar-refractivity contribution >= 4 is 33.2 Å². The van der Waals surface area contributed by atoms with Crippen LogP contribution in [0.2, 0.25) is 0 Å². The molecule has 0 aliphatic rings. The van der Waals surface area contributed by atoms with Gasteiger partial charge in [-0.05, 0) is 38.4 Å². The summed E-state index contributed by atoms with van der Waals surface area (Å²) in [5.41, 5.74) is 1.14. The molecular formula is C15H24N4O4S. The van der Waals surface area contributed by atoms with Crippen molar-refractivity contribution in [1.82, 2.24) is 9.21 Å². The van der Waals surface area contributed by atoms with Crippen LogP contribution in [0.15, 0.2) is 24.3 Å². The van der Waals surface area contributed by atoms with Gasteiger partial charge < -0.3 is 15.5 Å². The second-order valence-corrected chi connectivity index (χ2v) is 7.69. The molecule has 0 aliphatic carbocycles. The van der Waals surface area contributed by atoms with Gasteiger partial charge in [0.15, 0.2) is 0 Å². The number of hydrogen-bond acceptors (Lipinski definition) is 5. The van der Waals surface area contributed by atoms with Crippen LogP contribution in [-0.2, 0) is 19.6 Å². The molecule has 0 unspecified atom stereocenters. The van der Waals surface area contributed by atoms with E-state index in [4.69, 9.17) is 0 Å². The lowest BCUT2D eigenvalue weighted by molar-refractivity contribution is -0.116. The van der Waals surface area contributed by atoms with E-state index in [0.717, 1.165) is 10.6 Å². The molecule has 2 amide bonds. The normalized spacial score (nSPS) is 11.6. The second kappa shape index (κ2) is 8.76. The fourth-order valence-corrected chi connectivity index (χ4v) is 2.64. The quantitative estimate of drug-likeness (QED) is 0.703. The van der Waals surface area contributed by atoms with Crippen LogP contribution in [0.5, 0.6) is 0 Å². The number of carbonyl (C=O) groups excluding carboxylic acids is 2. The van der Waals surface area contributed by atoms with E-state index < -0.39 is 15.9 Å². The van der Waals surface area contributed by atoms with Gasteiger partial charge in [-0.1, -0.05) is 0 Å². The highest BCUT2D eigenvalue weighted by atomic mass is 32.2. The van der Waals surface area contributed by atoms with Crippen molar-refractivity contribution in [2.75, 3.05) is 50.6 Å². The van der Waals surface area contributed by atoms with Gasteiger partial charge in [0.2, 0.25) is 21.8 Å². The molecule has 0 radical (unpaired) electrons. The van der Waals surface area contributed by atoms with Crippen molar-refractivity contribution in [2.24, 2.45) is 0 Å². The van der Waals surface area contributed by atoms with Gasteiger partial charge >= 0.3 is 0 Å². The van der Waals surface area contributed by atoms with Crippen LogP contribution in [0.3, 0.4) is 0 Å². The third-order valence-electron chi connectivity index (χ3n) is 3.07. The standard InChI is InChI=1S/C15H24N4O4S/c1-12(20)16-13-5-7-14(8-6-13)17-15(21)11-19(24(4,22)23)10-9-18(2)3/h5-8H,9-11H2,1-4H3,(H,16,20)(H,17,21). The molecular weight excluding hydrogens is 332 g/mol. The Balaban J connectivity index is 2.66. The summed E-state index contributed by atoms with van der Waals surface area (Å²) in [4.78, 5) is 24.9. The minimum Gasteiger partial charge on any atom is -0.326 e. The van der Waals surface area contributed by atoms with Crippen LogP contribution in [-0.4, -0.2) is 69.4 Å². The number of anilines is 2. The maximum atomic E-state index is 12.1. The molecule has 0 atom stereocenters. The highest BCUT2D eigenvalue weighted by Crippen LogP contribution is 2.13. The number of nitrogens with zero attached hydrogens (tertiary/aromatic N) is 2. The van der Waals surface area contributed by atoms with E-state index >= 15 is 0 Å². The molecule has 0 saturated heterocycles. The van der Waals surface area contributed by atoms with E-state index in [2.05, 4.69) is 10.6 Å². The van der Waals surface area contributed by atoms with Gasteiger partial charge in [0.25, 0.3) is 0 Å². The molecule has 0 aromatic heterocycles. The molecule has 2 N–H and O–H groups in total. The molecule has 24 heavy (non-hydrogen) atoms. The first-order valence-corrected chi connectivity index (χ1v) is 9.20. The Hall–Kier alpha value is -1.97. The van der Waals surface area contributed by atoms with Gasteiger partial charge in [-0.2, -0.15) is 4.31 Å². The molecule has 0 bridgehead atoms. The minimum absolute atomic E-state index is 0.184. The van der Waals surface area contributed by atoms with Gasteiger partial charge in [0.1, 0.15) is 0 Å². The summed E-state index contributed by atoms with van der Waals surface area (Å²) in [6.45, 7) is 1.91. The van der Waals surface area contributed by atoms with Crippen LogP contribution in [0.25, 0.3) is 0 Å². The minimum atomic E-state index is -3.47. The van der Waals surface area contributed by atoms with Gasteiger partial charge in [-0.3, -0.25) is 9.59 Å². The van der Waals surface area contributed by atoms with Crippen molar-refractivity contribution in [3.63, 3.8) is 0 Å². The lowest BCUT2D eigenvalue weighted by atomic mass is 10.2. The Morgan fingerprint density at radius 2 is 1.50 bits per heavy atom. The van der Waals surface area contributed by atoms with Crippen LogP contribution >= 0.6 is 0 Å². The zero-order chi connectivity index (χ0) is 18.3. The van der Waals surface area contributed by atoms with E-state index in [1.807, 2.05) is 19.0 Å². The molecule has 1 aromatic rings. The summed E-state index contributed by atoms with van der Waals surface area (Å²) in [7, 11) is 0.191. The van der Waals surface area contributed by atoms with Crippen LogP contribution < -0.4 is 10.6 Å². The lowest BCUT2D eigenvalue weighted by Crippen LogP contribution is -2.41. The molecule has 0 heterocycles. The highest BCUT2D eigenvalue weighted by molar-refractivity contribution is 7.88. The molecule has 0 saturated carbocycles. The Bertz CT molecular complexity index is 671. The molecule has 8 nitrogen and oxygen atoms in total. The molecule has 0 spiro atoms. The monoisotopic (exact) mass is 356 g/mol. The average molecular weight is 356 g/mol. The first-order valence-electron chi connectivity index (χ1n) is 7.35. The van der Waals surface area contributed by atoms with Crippen molar-refractivity contribution < 1.29 is 18.0 Å². The van der Waals surface area contributed by atoms with E-state index in [9.17, 15) is 18.0 Å². The molecule has 1 aromatic carbocycles. The van der Waals surface area contributed by atoms with Crippen molar-refractivity contribution in [2.45, 2.75) is 6.92 Å². The van der Waals surface area contributed by atoms with E-state index in [0.29, 0.717) is 17.9 Å². The summed E-state index contributed by atoms with van der Waals surface area (Å²) >= 11 is 0. The number of carbonyl (C=O) groups is 2.